The van der Waals surface area contributed by atoms with Crippen LogP contribution in [0.5, 0.6) is 5.75 Å². The van der Waals surface area contributed by atoms with Crippen molar-refractivity contribution in [3.63, 3.8) is 0 Å². The van der Waals surface area contributed by atoms with Crippen molar-refractivity contribution in [3.8, 4) is 5.75 Å². The van der Waals surface area contributed by atoms with Gasteiger partial charge in [0.05, 0.1) is 13.7 Å². The van der Waals surface area contributed by atoms with Gasteiger partial charge in [-0.3, -0.25) is 0 Å². The third-order valence-corrected chi connectivity index (χ3v) is 4.32. The van der Waals surface area contributed by atoms with Crippen LogP contribution in [-0.4, -0.2) is 26.3 Å². The van der Waals surface area contributed by atoms with Gasteiger partial charge in [-0.25, -0.2) is 18.3 Å². The van der Waals surface area contributed by atoms with Crippen LogP contribution >= 0.6 is 0 Å². The minimum absolute atomic E-state index is 0.267. The zero-order valence-corrected chi connectivity index (χ0v) is 15.4. The first-order chi connectivity index (χ1) is 13.5. The number of rotatable bonds is 5. The van der Waals surface area contributed by atoms with Gasteiger partial charge in [0.25, 0.3) is 5.78 Å². The van der Waals surface area contributed by atoms with Crippen LogP contribution in [0.25, 0.3) is 5.78 Å². The fraction of sp³-hybridized carbons (Fsp3) is 0.150. The molecular formula is C20H18FN5O2. The van der Waals surface area contributed by atoms with E-state index in [4.69, 9.17) is 4.74 Å². The minimum atomic E-state index is -0.312. The fourth-order valence-corrected chi connectivity index (χ4v) is 2.97. The lowest BCUT2D eigenvalue weighted by Crippen LogP contribution is -2.22. The van der Waals surface area contributed by atoms with Crippen molar-refractivity contribution >= 4 is 17.3 Å². The van der Waals surface area contributed by atoms with Gasteiger partial charge in [0, 0.05) is 17.4 Å². The molecule has 0 bridgehead atoms. The van der Waals surface area contributed by atoms with E-state index in [1.165, 1.54) is 21.2 Å². The summed E-state index contributed by atoms with van der Waals surface area (Å²) in [6.07, 6.45) is 0. The number of nitrogens with one attached hydrogen (secondary N) is 1. The van der Waals surface area contributed by atoms with E-state index in [1.807, 2.05) is 31.2 Å². The van der Waals surface area contributed by atoms with Crippen molar-refractivity contribution in [3.05, 3.63) is 82.2 Å². The number of benzene rings is 2. The third-order valence-electron chi connectivity index (χ3n) is 4.32. The molecule has 2 aromatic heterocycles. The number of fused-ring (bicyclic) bond motifs is 1. The van der Waals surface area contributed by atoms with Gasteiger partial charge < -0.3 is 10.1 Å². The van der Waals surface area contributed by atoms with Crippen LogP contribution in [0.3, 0.4) is 0 Å². The van der Waals surface area contributed by atoms with E-state index < -0.39 is 0 Å². The first-order valence-corrected chi connectivity index (χ1v) is 8.66. The molecule has 0 atom stereocenters. The highest BCUT2D eigenvalue weighted by molar-refractivity contribution is 5.58. The lowest BCUT2D eigenvalue weighted by Gasteiger charge is -2.06. The first kappa shape index (κ1) is 17.7. The molecule has 0 aliphatic heterocycles. The topological polar surface area (TPSA) is 73.4 Å². The van der Waals surface area contributed by atoms with Crippen LogP contribution in [0.1, 0.15) is 11.3 Å². The molecule has 28 heavy (non-hydrogen) atoms. The molecule has 0 aliphatic carbocycles. The van der Waals surface area contributed by atoms with E-state index in [0.29, 0.717) is 23.7 Å². The minimum Gasteiger partial charge on any atom is -0.497 e. The van der Waals surface area contributed by atoms with Gasteiger partial charge >= 0.3 is 5.69 Å². The number of halogens is 1. The highest BCUT2D eigenvalue weighted by Gasteiger charge is 2.12. The standard InChI is InChI=1S/C20H18FN5O2/c1-13-10-18(22-16-8-6-15(21)7-9-16)23-19-24-25(20(27)26(13)19)12-14-4-3-5-17(11-14)28-2/h3-11H,12H2,1-2H3,(H,22,23,24). The van der Waals surface area contributed by atoms with Crippen LogP contribution in [0.2, 0.25) is 0 Å². The lowest BCUT2D eigenvalue weighted by atomic mass is 10.2. The maximum atomic E-state index is 13.1. The normalized spacial score (nSPS) is 11.0. The summed E-state index contributed by atoms with van der Waals surface area (Å²) < 4.78 is 21.1. The number of hydrogen-bond donors (Lipinski definition) is 1. The lowest BCUT2D eigenvalue weighted by molar-refractivity contribution is 0.414. The number of aromatic nitrogens is 4. The molecule has 0 aliphatic rings. The van der Waals surface area contributed by atoms with Gasteiger partial charge in [-0.05, 0) is 48.9 Å². The van der Waals surface area contributed by atoms with E-state index >= 15 is 0 Å². The van der Waals surface area contributed by atoms with E-state index in [1.54, 1.807) is 25.3 Å². The number of nitrogens with zero attached hydrogens (tertiary/aromatic N) is 4. The quantitative estimate of drug-likeness (QED) is 0.577. The van der Waals surface area contributed by atoms with Gasteiger partial charge in [0.15, 0.2) is 0 Å². The molecule has 0 fully saturated rings. The average Bonchev–Trinajstić information content (AvgIpc) is 2.99. The Morgan fingerprint density at radius 2 is 1.93 bits per heavy atom. The van der Waals surface area contributed by atoms with E-state index in [9.17, 15) is 9.18 Å². The van der Waals surface area contributed by atoms with E-state index in [-0.39, 0.29) is 17.3 Å². The summed E-state index contributed by atoms with van der Waals surface area (Å²) in [5.74, 6) is 1.22. The number of methoxy groups -OCH3 is 1. The molecular weight excluding hydrogens is 361 g/mol. The second kappa shape index (κ2) is 7.15. The molecule has 142 valence electrons. The predicted molar refractivity (Wildman–Crippen MR) is 104 cm³/mol. The molecule has 4 aromatic rings. The zero-order valence-electron chi connectivity index (χ0n) is 15.4. The van der Waals surface area contributed by atoms with Crippen molar-refractivity contribution in [2.45, 2.75) is 13.5 Å². The Labute approximate surface area is 160 Å². The Morgan fingerprint density at radius 1 is 1.14 bits per heavy atom. The van der Waals surface area contributed by atoms with E-state index in [2.05, 4.69) is 15.4 Å². The molecule has 0 amide bonds. The molecule has 0 saturated heterocycles. The molecule has 8 heteroatoms. The summed E-state index contributed by atoms with van der Waals surface area (Å²) in [4.78, 5) is 17.2. The van der Waals surface area contributed by atoms with Crippen molar-refractivity contribution in [1.29, 1.82) is 0 Å². The smallest absolute Gasteiger partial charge is 0.352 e. The van der Waals surface area contributed by atoms with Crippen molar-refractivity contribution in [2.24, 2.45) is 0 Å². The molecule has 0 spiro atoms. The monoisotopic (exact) mass is 379 g/mol. The summed E-state index contributed by atoms with van der Waals surface area (Å²) >= 11 is 0. The maximum absolute atomic E-state index is 13.1. The predicted octanol–water partition coefficient (Wildman–Crippen LogP) is 3.14. The van der Waals surface area contributed by atoms with Gasteiger partial charge in [0.2, 0.25) is 0 Å². The Hall–Kier alpha value is -3.68. The Bertz CT molecular complexity index is 1200. The summed E-state index contributed by atoms with van der Waals surface area (Å²) in [5.41, 5.74) is 2.01. The summed E-state index contributed by atoms with van der Waals surface area (Å²) in [5, 5.41) is 7.45. The number of anilines is 2. The number of hydrogen-bond acceptors (Lipinski definition) is 5. The molecule has 0 saturated carbocycles. The first-order valence-electron chi connectivity index (χ1n) is 8.66. The third kappa shape index (κ3) is 3.44. The summed E-state index contributed by atoms with van der Waals surface area (Å²) in [6.45, 7) is 2.11. The average molecular weight is 379 g/mol. The Kier molecular flexibility index (Phi) is 4.52. The molecule has 1 N–H and O–H groups in total. The number of ether oxygens (including phenoxy) is 1. The molecule has 0 radical (unpaired) electrons. The largest absolute Gasteiger partial charge is 0.497 e. The van der Waals surface area contributed by atoms with Crippen LogP contribution in [0.15, 0.2) is 59.4 Å². The van der Waals surface area contributed by atoms with Gasteiger partial charge in [0.1, 0.15) is 17.4 Å². The molecule has 7 nitrogen and oxygen atoms in total. The summed E-state index contributed by atoms with van der Waals surface area (Å²) in [6, 6.07) is 15.2. The summed E-state index contributed by atoms with van der Waals surface area (Å²) in [7, 11) is 1.60. The second-order valence-electron chi connectivity index (χ2n) is 6.34. The SMILES string of the molecule is COc1cccc(Cn2nc3nc(Nc4ccc(F)cc4)cc(C)n3c2=O)c1. The highest BCUT2D eigenvalue weighted by Crippen LogP contribution is 2.17. The van der Waals surface area contributed by atoms with Crippen LogP contribution < -0.4 is 15.7 Å². The van der Waals surface area contributed by atoms with E-state index in [0.717, 1.165) is 11.3 Å². The Morgan fingerprint density at radius 3 is 2.68 bits per heavy atom. The van der Waals surface area contributed by atoms with Gasteiger partial charge in [-0.2, -0.15) is 4.98 Å². The van der Waals surface area contributed by atoms with Crippen LogP contribution in [0, 0.1) is 12.7 Å². The fourth-order valence-electron chi connectivity index (χ4n) is 2.97. The van der Waals surface area contributed by atoms with Crippen molar-refractivity contribution < 1.29 is 9.13 Å². The number of aryl methyl sites for hydroxylation is 1. The second-order valence-corrected chi connectivity index (χ2v) is 6.34. The van der Waals surface area contributed by atoms with Crippen LogP contribution in [-0.2, 0) is 6.54 Å². The molecule has 4 rings (SSSR count). The molecule has 2 heterocycles. The molecule has 0 unspecified atom stereocenters. The zero-order chi connectivity index (χ0) is 19.7. The molecule has 2 aromatic carbocycles. The Balaban J connectivity index is 1.68. The maximum Gasteiger partial charge on any atom is 0.352 e. The van der Waals surface area contributed by atoms with Gasteiger partial charge in [-0.15, -0.1) is 5.10 Å². The highest BCUT2D eigenvalue weighted by atomic mass is 19.1. The van der Waals surface area contributed by atoms with Crippen LogP contribution in [0.4, 0.5) is 15.9 Å². The van der Waals surface area contributed by atoms with Gasteiger partial charge in [-0.1, -0.05) is 12.1 Å². The van der Waals surface area contributed by atoms with Crippen molar-refractivity contribution in [2.75, 3.05) is 12.4 Å². The van der Waals surface area contributed by atoms with Crippen molar-refractivity contribution in [1.82, 2.24) is 19.2 Å².